The lowest BCUT2D eigenvalue weighted by molar-refractivity contribution is -0.121. The minimum absolute atomic E-state index is 0.124. The van der Waals surface area contributed by atoms with E-state index >= 15 is 0 Å². The van der Waals surface area contributed by atoms with E-state index in [4.69, 9.17) is 0 Å². The lowest BCUT2D eigenvalue weighted by Crippen LogP contribution is -2.31. The summed E-state index contributed by atoms with van der Waals surface area (Å²) in [5.74, 6) is -0.247. The van der Waals surface area contributed by atoms with Gasteiger partial charge < -0.3 is 0 Å². The zero-order valence-corrected chi connectivity index (χ0v) is 16.0. The molecule has 3 aromatic rings. The third kappa shape index (κ3) is 3.62. The first-order valence-corrected chi connectivity index (χ1v) is 10.1. The lowest BCUT2D eigenvalue weighted by Gasteiger charge is -2.15. The second-order valence-electron chi connectivity index (χ2n) is 6.80. The van der Waals surface area contributed by atoms with Gasteiger partial charge in [-0.1, -0.05) is 55.8 Å². The topological polar surface area (TPSA) is 37.4 Å². The molecule has 1 saturated heterocycles. The fourth-order valence-corrected chi connectivity index (χ4v) is 4.58. The minimum Gasteiger partial charge on any atom is -0.274 e. The van der Waals surface area contributed by atoms with Crippen LogP contribution in [0.5, 0.6) is 0 Å². The van der Waals surface area contributed by atoms with Crippen LogP contribution in [-0.2, 0) is 16.0 Å². The van der Waals surface area contributed by atoms with Crippen molar-refractivity contribution in [3.63, 3.8) is 0 Å². The number of amides is 2. The summed E-state index contributed by atoms with van der Waals surface area (Å²) >= 11 is 1.48. The van der Waals surface area contributed by atoms with Crippen LogP contribution >= 0.6 is 11.8 Å². The van der Waals surface area contributed by atoms with Crippen molar-refractivity contribution in [3.8, 4) is 0 Å². The summed E-state index contributed by atoms with van der Waals surface area (Å²) in [6.07, 6.45) is 2.32. The summed E-state index contributed by atoms with van der Waals surface area (Å²) in [5.41, 5.74) is 1.90. The van der Waals surface area contributed by atoms with E-state index in [0.29, 0.717) is 5.69 Å². The molecule has 0 N–H and O–H groups in total. The van der Waals surface area contributed by atoms with Crippen LogP contribution < -0.4 is 4.90 Å². The number of carbonyl (C=O) groups is 2. The molecule has 0 aromatic heterocycles. The minimum atomic E-state index is -0.367. The van der Waals surface area contributed by atoms with Crippen LogP contribution in [0.4, 0.5) is 5.69 Å². The van der Waals surface area contributed by atoms with E-state index in [1.807, 2.05) is 42.5 Å². The molecule has 0 saturated carbocycles. The van der Waals surface area contributed by atoms with Crippen molar-refractivity contribution in [1.29, 1.82) is 0 Å². The van der Waals surface area contributed by atoms with Crippen LogP contribution in [-0.4, -0.2) is 17.1 Å². The number of aryl methyl sites for hydroxylation is 1. The van der Waals surface area contributed by atoms with Crippen LogP contribution in [0.1, 0.15) is 25.3 Å². The van der Waals surface area contributed by atoms with E-state index in [1.54, 1.807) is 0 Å². The quantitative estimate of drug-likeness (QED) is 0.574. The van der Waals surface area contributed by atoms with Gasteiger partial charge in [-0.25, -0.2) is 4.90 Å². The Labute approximate surface area is 163 Å². The molecule has 0 radical (unpaired) electrons. The summed E-state index contributed by atoms with van der Waals surface area (Å²) in [6, 6.07) is 22.1. The van der Waals surface area contributed by atoms with E-state index in [2.05, 4.69) is 31.2 Å². The third-order valence-electron chi connectivity index (χ3n) is 4.84. The van der Waals surface area contributed by atoms with E-state index in [1.165, 1.54) is 27.6 Å². The van der Waals surface area contributed by atoms with Crippen molar-refractivity contribution in [2.75, 3.05) is 4.90 Å². The molecule has 0 unspecified atom stereocenters. The first kappa shape index (κ1) is 17.8. The van der Waals surface area contributed by atoms with Gasteiger partial charge >= 0.3 is 0 Å². The number of hydrogen-bond donors (Lipinski definition) is 0. The Bertz CT molecular complexity index is 997. The number of rotatable bonds is 5. The van der Waals surface area contributed by atoms with Gasteiger partial charge in [-0.05, 0) is 47.0 Å². The monoisotopic (exact) mass is 375 g/mol. The molecule has 1 atom stereocenters. The largest absolute Gasteiger partial charge is 0.274 e. The summed E-state index contributed by atoms with van der Waals surface area (Å²) < 4.78 is 0. The maximum absolute atomic E-state index is 12.9. The van der Waals surface area contributed by atoms with E-state index in [-0.39, 0.29) is 23.5 Å². The van der Waals surface area contributed by atoms with Gasteiger partial charge in [-0.15, -0.1) is 11.8 Å². The van der Waals surface area contributed by atoms with Crippen LogP contribution in [0.2, 0.25) is 0 Å². The van der Waals surface area contributed by atoms with Crippen molar-refractivity contribution in [2.24, 2.45) is 0 Å². The van der Waals surface area contributed by atoms with Gasteiger partial charge in [0.2, 0.25) is 11.8 Å². The summed E-state index contributed by atoms with van der Waals surface area (Å²) in [7, 11) is 0. The van der Waals surface area contributed by atoms with Gasteiger partial charge in [-0.2, -0.15) is 0 Å². The summed E-state index contributed by atoms with van der Waals surface area (Å²) in [4.78, 5) is 27.7. The van der Waals surface area contributed by atoms with Crippen molar-refractivity contribution in [3.05, 3.63) is 72.3 Å². The molecule has 1 aliphatic heterocycles. The fraction of sp³-hybridized carbons (Fsp3) is 0.217. The maximum Gasteiger partial charge on any atom is 0.247 e. The molecule has 27 heavy (non-hydrogen) atoms. The molecule has 3 aromatic carbocycles. The Morgan fingerprint density at radius 3 is 2.44 bits per heavy atom. The van der Waals surface area contributed by atoms with Gasteiger partial charge in [0.25, 0.3) is 0 Å². The van der Waals surface area contributed by atoms with Gasteiger partial charge in [0.05, 0.1) is 10.9 Å². The van der Waals surface area contributed by atoms with Crippen molar-refractivity contribution < 1.29 is 9.59 Å². The molecule has 0 spiro atoms. The second kappa shape index (κ2) is 7.57. The molecule has 4 heteroatoms. The van der Waals surface area contributed by atoms with Crippen molar-refractivity contribution in [2.45, 2.75) is 36.3 Å². The second-order valence-corrected chi connectivity index (χ2v) is 8.08. The number of imide groups is 1. The highest BCUT2D eigenvalue weighted by molar-refractivity contribution is 8.00. The molecule has 1 fully saturated rings. The average molecular weight is 375 g/mol. The fourth-order valence-electron chi connectivity index (χ4n) is 3.47. The third-order valence-corrected chi connectivity index (χ3v) is 6.02. The maximum atomic E-state index is 12.9. The van der Waals surface area contributed by atoms with Crippen LogP contribution in [0.3, 0.4) is 0 Å². The molecule has 4 rings (SSSR count). The highest BCUT2D eigenvalue weighted by atomic mass is 32.2. The number of carbonyl (C=O) groups excluding carboxylic acids is 2. The normalized spacial score (nSPS) is 17.1. The predicted octanol–water partition coefficient (Wildman–Crippen LogP) is 5.22. The molecular formula is C23H21NO2S. The van der Waals surface area contributed by atoms with Crippen molar-refractivity contribution in [1.82, 2.24) is 0 Å². The first-order chi connectivity index (χ1) is 13.2. The zero-order chi connectivity index (χ0) is 18.8. The molecule has 1 heterocycles. The Morgan fingerprint density at radius 2 is 1.70 bits per heavy atom. The van der Waals surface area contributed by atoms with E-state index in [9.17, 15) is 9.59 Å². The lowest BCUT2D eigenvalue weighted by atomic mass is 10.1. The number of fused-ring (bicyclic) bond motifs is 1. The van der Waals surface area contributed by atoms with Gasteiger partial charge in [-0.3, -0.25) is 9.59 Å². The zero-order valence-electron chi connectivity index (χ0n) is 15.2. The number of thioether (sulfide) groups is 1. The van der Waals surface area contributed by atoms with Crippen LogP contribution in [0, 0.1) is 0 Å². The molecule has 0 aliphatic carbocycles. The summed E-state index contributed by atoms with van der Waals surface area (Å²) in [5, 5.41) is 1.95. The Hall–Kier alpha value is -2.59. The van der Waals surface area contributed by atoms with Crippen LogP contribution in [0.25, 0.3) is 10.8 Å². The number of benzene rings is 3. The van der Waals surface area contributed by atoms with Crippen molar-refractivity contribution >= 4 is 40.0 Å². The Balaban J connectivity index is 1.53. The van der Waals surface area contributed by atoms with Crippen LogP contribution in [0.15, 0.2) is 71.6 Å². The molecule has 3 nitrogen and oxygen atoms in total. The highest BCUT2D eigenvalue weighted by Crippen LogP contribution is 2.35. The summed E-state index contributed by atoms with van der Waals surface area (Å²) in [6.45, 7) is 2.13. The number of nitrogens with zero attached hydrogens (tertiary/aromatic N) is 1. The molecule has 0 bridgehead atoms. The first-order valence-electron chi connectivity index (χ1n) is 9.27. The standard InChI is InChI=1S/C23H21NO2S/c1-2-5-16-8-11-19(12-9-16)24-22(25)15-21(23(24)26)27-20-13-10-17-6-3-4-7-18(17)14-20/h3-4,6-14,21H,2,5,15H2,1H3/t21-/m1/s1. The molecular weight excluding hydrogens is 354 g/mol. The molecule has 136 valence electrons. The number of hydrogen-bond acceptors (Lipinski definition) is 3. The van der Waals surface area contributed by atoms with Gasteiger partial charge in [0.1, 0.15) is 0 Å². The Morgan fingerprint density at radius 1 is 0.963 bits per heavy atom. The predicted molar refractivity (Wildman–Crippen MR) is 111 cm³/mol. The highest BCUT2D eigenvalue weighted by Gasteiger charge is 2.40. The smallest absolute Gasteiger partial charge is 0.247 e. The van der Waals surface area contributed by atoms with Gasteiger partial charge in [0.15, 0.2) is 0 Å². The molecule has 1 aliphatic rings. The van der Waals surface area contributed by atoms with E-state index in [0.717, 1.165) is 23.1 Å². The number of anilines is 1. The SMILES string of the molecule is CCCc1ccc(N2C(=O)C[C@@H](Sc3ccc4ccccc4c3)C2=O)cc1. The Kier molecular flexibility index (Phi) is 4.99. The molecule has 2 amide bonds. The average Bonchev–Trinajstić information content (AvgIpc) is 2.96. The van der Waals surface area contributed by atoms with Gasteiger partial charge in [0, 0.05) is 11.3 Å². The van der Waals surface area contributed by atoms with E-state index < -0.39 is 0 Å².